The molecule has 0 atom stereocenters. The van der Waals surface area contributed by atoms with Gasteiger partial charge < -0.3 is 9.13 Å². The molecule has 9 aromatic rings. The Labute approximate surface area is 237 Å². The maximum Gasteiger partial charge on any atom is 0.0619 e. The summed E-state index contributed by atoms with van der Waals surface area (Å²) in [5.41, 5.74) is 8.63. The molecule has 0 aliphatic carbocycles. The van der Waals surface area contributed by atoms with Gasteiger partial charge in [0.25, 0.3) is 0 Å². The molecule has 0 aliphatic rings. The van der Waals surface area contributed by atoms with Crippen LogP contribution < -0.4 is 0 Å². The van der Waals surface area contributed by atoms with Crippen molar-refractivity contribution in [2.75, 3.05) is 0 Å². The van der Waals surface area contributed by atoms with Crippen LogP contribution in [0.3, 0.4) is 0 Å². The zero-order chi connectivity index (χ0) is 27.1. The average molecular weight is 523 g/mol. The van der Waals surface area contributed by atoms with E-state index in [2.05, 4.69) is 156 Å². The molecule has 2 aromatic heterocycles. The summed E-state index contributed by atoms with van der Waals surface area (Å²) in [6.45, 7) is 2.15. The van der Waals surface area contributed by atoms with Gasteiger partial charge in [-0.1, -0.05) is 109 Å². The van der Waals surface area contributed by atoms with Crippen molar-refractivity contribution in [3.63, 3.8) is 0 Å². The van der Waals surface area contributed by atoms with E-state index in [9.17, 15) is 0 Å². The SMILES string of the molecule is Cc1ccc(-n2c3ccccc3c3ccc4c5ccc6c7ccccc7n(-c7ccccc7)c6c5ccc4c32)cc1. The number of hydrogen-bond acceptors (Lipinski definition) is 0. The van der Waals surface area contributed by atoms with Gasteiger partial charge in [0.1, 0.15) is 0 Å². The number of benzene rings is 7. The van der Waals surface area contributed by atoms with Crippen molar-refractivity contribution in [3.8, 4) is 11.4 Å². The first-order chi connectivity index (χ1) is 20.3. The predicted octanol–water partition coefficient (Wildman–Crippen LogP) is 10.5. The number of aromatic nitrogens is 2. The Morgan fingerprint density at radius 1 is 0.317 bits per heavy atom. The summed E-state index contributed by atoms with van der Waals surface area (Å²) in [6, 6.07) is 51.1. The molecule has 0 saturated heterocycles. The smallest absolute Gasteiger partial charge is 0.0619 e. The van der Waals surface area contributed by atoms with Gasteiger partial charge >= 0.3 is 0 Å². The minimum atomic E-state index is 1.18. The highest BCUT2D eigenvalue weighted by molar-refractivity contribution is 6.27. The summed E-state index contributed by atoms with van der Waals surface area (Å²) in [5.74, 6) is 0. The third-order valence-corrected chi connectivity index (χ3v) is 8.77. The molecule has 0 saturated carbocycles. The summed E-state index contributed by atoms with van der Waals surface area (Å²) in [5, 5.41) is 10.2. The Hall–Kier alpha value is -5.34. The topological polar surface area (TPSA) is 9.86 Å². The Morgan fingerprint density at radius 3 is 1.22 bits per heavy atom. The molecule has 0 bridgehead atoms. The molecule has 2 heteroatoms. The first-order valence-corrected chi connectivity index (χ1v) is 14.2. The van der Waals surface area contributed by atoms with Crippen LogP contribution in [-0.4, -0.2) is 9.13 Å². The predicted molar refractivity (Wildman–Crippen MR) is 175 cm³/mol. The van der Waals surface area contributed by atoms with Crippen LogP contribution >= 0.6 is 0 Å². The van der Waals surface area contributed by atoms with Gasteiger partial charge in [-0.3, -0.25) is 0 Å². The minimum absolute atomic E-state index is 1.18. The average Bonchev–Trinajstić information content (AvgIpc) is 3.55. The molecule has 0 amide bonds. The van der Waals surface area contributed by atoms with E-state index in [1.807, 2.05) is 0 Å². The van der Waals surface area contributed by atoms with Gasteiger partial charge in [-0.2, -0.15) is 0 Å². The molecule has 0 unspecified atom stereocenters. The second-order valence-corrected chi connectivity index (χ2v) is 11.1. The zero-order valence-corrected chi connectivity index (χ0v) is 22.7. The number of hydrogen-bond donors (Lipinski definition) is 0. The van der Waals surface area contributed by atoms with E-state index >= 15 is 0 Å². The van der Waals surface area contributed by atoms with Crippen LogP contribution in [-0.2, 0) is 0 Å². The van der Waals surface area contributed by atoms with Crippen LogP contribution in [0.15, 0.2) is 140 Å². The molecule has 2 nitrogen and oxygen atoms in total. The standard InChI is InChI=1S/C39H26N2/c1-25-15-17-27(18-16-25)41-37-14-8-6-12-31(37)35-22-20-29-28-19-21-34-30-11-5-7-13-36(30)40(26-9-3-2-4-10-26)38(34)32(28)23-24-33(29)39(35)41/h2-24H,1H3. The zero-order valence-electron chi connectivity index (χ0n) is 22.7. The summed E-state index contributed by atoms with van der Waals surface area (Å²) >= 11 is 0. The van der Waals surface area contributed by atoms with E-state index in [0.717, 1.165) is 0 Å². The lowest BCUT2D eigenvalue weighted by molar-refractivity contribution is 1.18. The van der Waals surface area contributed by atoms with Crippen molar-refractivity contribution < 1.29 is 0 Å². The maximum atomic E-state index is 2.44. The number of aryl methyl sites for hydroxylation is 1. The Morgan fingerprint density at radius 2 is 0.707 bits per heavy atom. The largest absolute Gasteiger partial charge is 0.309 e. The second kappa shape index (κ2) is 8.33. The summed E-state index contributed by atoms with van der Waals surface area (Å²) in [7, 11) is 0. The van der Waals surface area contributed by atoms with Gasteiger partial charge in [0, 0.05) is 43.7 Å². The van der Waals surface area contributed by atoms with Crippen LogP contribution in [0.4, 0.5) is 0 Å². The second-order valence-electron chi connectivity index (χ2n) is 11.1. The van der Waals surface area contributed by atoms with Crippen LogP contribution in [0.5, 0.6) is 0 Å². The Kier molecular flexibility index (Phi) is 4.57. The highest BCUT2D eigenvalue weighted by Gasteiger charge is 2.19. The molecule has 2 heterocycles. The fourth-order valence-electron chi connectivity index (χ4n) is 6.95. The lowest BCUT2D eigenvalue weighted by Crippen LogP contribution is -1.95. The van der Waals surface area contributed by atoms with Gasteiger partial charge in [0.05, 0.1) is 22.1 Å². The lowest BCUT2D eigenvalue weighted by atomic mass is 9.97. The molecule has 0 radical (unpaired) electrons. The van der Waals surface area contributed by atoms with Gasteiger partial charge in [-0.15, -0.1) is 0 Å². The van der Waals surface area contributed by atoms with Gasteiger partial charge in [-0.05, 0) is 54.1 Å². The number of nitrogens with zero attached hydrogens (tertiary/aromatic N) is 2. The molecule has 41 heavy (non-hydrogen) atoms. The highest BCUT2D eigenvalue weighted by atomic mass is 15.0. The highest BCUT2D eigenvalue weighted by Crippen LogP contribution is 2.42. The quantitative estimate of drug-likeness (QED) is 0.200. The Balaban J connectivity index is 1.45. The van der Waals surface area contributed by atoms with Crippen LogP contribution in [0.2, 0.25) is 0 Å². The monoisotopic (exact) mass is 522 g/mol. The normalized spacial score (nSPS) is 12.0. The molecule has 192 valence electrons. The molecule has 0 spiro atoms. The van der Waals surface area contributed by atoms with E-state index in [0.29, 0.717) is 0 Å². The lowest BCUT2D eigenvalue weighted by Gasteiger charge is -2.13. The van der Waals surface area contributed by atoms with Gasteiger partial charge in [0.15, 0.2) is 0 Å². The number of fused-ring (bicyclic) bond motifs is 11. The fraction of sp³-hybridized carbons (Fsp3) is 0.0256. The maximum absolute atomic E-state index is 2.44. The van der Waals surface area contributed by atoms with Crippen molar-refractivity contribution in [1.29, 1.82) is 0 Å². The molecular formula is C39H26N2. The molecule has 0 fully saturated rings. The van der Waals surface area contributed by atoms with Crippen molar-refractivity contribution in [1.82, 2.24) is 9.13 Å². The van der Waals surface area contributed by atoms with E-state index in [1.54, 1.807) is 0 Å². The molecular weight excluding hydrogens is 496 g/mol. The van der Waals surface area contributed by atoms with Gasteiger partial charge in [-0.25, -0.2) is 0 Å². The van der Waals surface area contributed by atoms with Crippen molar-refractivity contribution in [2.45, 2.75) is 6.92 Å². The first kappa shape index (κ1) is 22.5. The fourth-order valence-corrected chi connectivity index (χ4v) is 6.95. The third kappa shape index (κ3) is 3.07. The van der Waals surface area contributed by atoms with E-state index in [-0.39, 0.29) is 0 Å². The van der Waals surface area contributed by atoms with E-state index < -0.39 is 0 Å². The third-order valence-electron chi connectivity index (χ3n) is 8.77. The number of para-hydroxylation sites is 3. The van der Waals surface area contributed by atoms with E-state index in [4.69, 9.17) is 0 Å². The van der Waals surface area contributed by atoms with Crippen molar-refractivity contribution >= 4 is 65.2 Å². The molecule has 9 rings (SSSR count). The summed E-state index contributed by atoms with van der Waals surface area (Å²) in [6.07, 6.45) is 0. The van der Waals surface area contributed by atoms with Crippen LogP contribution in [0.1, 0.15) is 5.56 Å². The molecule has 7 aromatic carbocycles. The summed E-state index contributed by atoms with van der Waals surface area (Å²) in [4.78, 5) is 0. The van der Waals surface area contributed by atoms with E-state index in [1.165, 1.54) is 82.1 Å². The molecule has 0 aliphatic heterocycles. The minimum Gasteiger partial charge on any atom is -0.309 e. The van der Waals surface area contributed by atoms with Crippen molar-refractivity contribution in [2.24, 2.45) is 0 Å². The first-order valence-electron chi connectivity index (χ1n) is 14.2. The molecule has 0 N–H and O–H groups in total. The van der Waals surface area contributed by atoms with Crippen LogP contribution in [0, 0.1) is 6.92 Å². The Bertz CT molecular complexity index is 2460. The van der Waals surface area contributed by atoms with Crippen molar-refractivity contribution in [3.05, 3.63) is 145 Å². The van der Waals surface area contributed by atoms with Crippen LogP contribution in [0.25, 0.3) is 76.5 Å². The van der Waals surface area contributed by atoms with Gasteiger partial charge in [0.2, 0.25) is 0 Å². The summed E-state index contributed by atoms with van der Waals surface area (Å²) < 4.78 is 4.87. The number of rotatable bonds is 2.